The van der Waals surface area contributed by atoms with E-state index < -0.39 is 17.8 Å². The molecule has 0 radical (unpaired) electrons. The molecule has 7 heteroatoms. The van der Waals surface area contributed by atoms with E-state index in [1.807, 2.05) is 0 Å². The highest BCUT2D eigenvalue weighted by Crippen LogP contribution is 2.67. The highest BCUT2D eigenvalue weighted by molar-refractivity contribution is 6.29. The van der Waals surface area contributed by atoms with Crippen LogP contribution in [0.2, 0.25) is 5.15 Å². The second kappa shape index (κ2) is 4.84. The molecule has 0 spiro atoms. The fourth-order valence-corrected chi connectivity index (χ4v) is 3.79. The Labute approximate surface area is 136 Å². The number of hydrogen-bond acceptors (Lipinski definition) is 3. The van der Waals surface area contributed by atoms with Gasteiger partial charge in [0.15, 0.2) is 0 Å². The van der Waals surface area contributed by atoms with Gasteiger partial charge in [-0.25, -0.2) is 18.7 Å². The predicted octanol–water partition coefficient (Wildman–Crippen LogP) is 3.35. The van der Waals surface area contributed by atoms with E-state index in [1.54, 1.807) is 19.1 Å². The van der Waals surface area contributed by atoms with Gasteiger partial charge in [0, 0.05) is 29.5 Å². The number of alkyl halides is 2. The molecule has 0 bridgehead atoms. The Bertz CT molecular complexity index is 820. The fraction of sp³-hybridized carbons (Fsp3) is 0.438. The zero-order valence-corrected chi connectivity index (χ0v) is 13.1. The molecule has 0 aromatic carbocycles. The van der Waals surface area contributed by atoms with Crippen LogP contribution < -0.4 is 5.56 Å². The lowest BCUT2D eigenvalue weighted by molar-refractivity contribution is 0.0689. The van der Waals surface area contributed by atoms with Gasteiger partial charge in [0.05, 0.1) is 11.9 Å². The van der Waals surface area contributed by atoms with Gasteiger partial charge < -0.3 is 0 Å². The van der Waals surface area contributed by atoms with Gasteiger partial charge in [-0.05, 0) is 31.9 Å². The standard InChI is InChI=1S/C16H14ClF2N3O/c1-8-4-14(23)22(10-2-3-13(17)20-7-10)15(21-8)9-5-11-12(6-9)16(11,18)19/h2-4,7,9,11-12H,5-6H2,1H3. The van der Waals surface area contributed by atoms with Gasteiger partial charge in [0.1, 0.15) is 11.0 Å². The zero-order valence-electron chi connectivity index (χ0n) is 12.3. The Balaban J connectivity index is 1.78. The summed E-state index contributed by atoms with van der Waals surface area (Å²) in [4.78, 5) is 20.9. The Hall–Kier alpha value is -1.82. The van der Waals surface area contributed by atoms with Crippen molar-refractivity contribution in [2.24, 2.45) is 11.8 Å². The van der Waals surface area contributed by atoms with Crippen LogP contribution >= 0.6 is 11.6 Å². The molecule has 0 saturated heterocycles. The molecule has 2 aromatic rings. The van der Waals surface area contributed by atoms with Crippen molar-refractivity contribution in [2.75, 3.05) is 0 Å². The molecule has 2 saturated carbocycles. The number of nitrogens with zero attached hydrogens (tertiary/aromatic N) is 3. The van der Waals surface area contributed by atoms with Crippen molar-refractivity contribution < 1.29 is 8.78 Å². The normalized spacial score (nSPS) is 27.7. The first-order valence-electron chi connectivity index (χ1n) is 7.48. The Morgan fingerprint density at radius 2 is 2.00 bits per heavy atom. The SMILES string of the molecule is Cc1cc(=O)n(-c2ccc(Cl)nc2)c(C2CC3C(C2)C3(F)F)n1. The molecule has 2 unspecified atom stereocenters. The number of aromatic nitrogens is 3. The topological polar surface area (TPSA) is 47.8 Å². The lowest BCUT2D eigenvalue weighted by atomic mass is 10.0. The highest BCUT2D eigenvalue weighted by Gasteiger charge is 2.71. The Morgan fingerprint density at radius 1 is 1.30 bits per heavy atom. The zero-order chi connectivity index (χ0) is 16.4. The van der Waals surface area contributed by atoms with E-state index in [1.165, 1.54) is 16.8 Å². The molecule has 120 valence electrons. The van der Waals surface area contributed by atoms with Crippen molar-refractivity contribution in [3.05, 3.63) is 51.4 Å². The second-order valence-corrected chi connectivity index (χ2v) is 6.71. The molecular formula is C16H14ClF2N3O. The van der Waals surface area contributed by atoms with Crippen molar-refractivity contribution in [2.45, 2.75) is 31.6 Å². The lowest BCUT2D eigenvalue weighted by Crippen LogP contribution is -2.26. The van der Waals surface area contributed by atoms with Gasteiger partial charge in [-0.2, -0.15) is 0 Å². The maximum atomic E-state index is 13.4. The van der Waals surface area contributed by atoms with Crippen LogP contribution in [0.3, 0.4) is 0 Å². The minimum Gasteiger partial charge on any atom is -0.269 e. The molecule has 2 heterocycles. The third-order valence-corrected chi connectivity index (χ3v) is 5.07. The molecule has 2 aromatic heterocycles. The van der Waals surface area contributed by atoms with Crippen LogP contribution in [0, 0.1) is 18.8 Å². The average molecular weight is 338 g/mol. The van der Waals surface area contributed by atoms with Gasteiger partial charge in [-0.1, -0.05) is 11.6 Å². The Morgan fingerprint density at radius 3 is 2.61 bits per heavy atom. The average Bonchev–Trinajstić information content (AvgIpc) is 2.87. The van der Waals surface area contributed by atoms with Crippen molar-refractivity contribution >= 4 is 11.6 Å². The van der Waals surface area contributed by atoms with Crippen LogP contribution in [0.1, 0.15) is 30.3 Å². The van der Waals surface area contributed by atoms with Crippen LogP contribution in [0.4, 0.5) is 8.78 Å². The maximum Gasteiger partial charge on any atom is 0.258 e. The van der Waals surface area contributed by atoms with Crippen molar-refractivity contribution in [3.63, 3.8) is 0 Å². The van der Waals surface area contributed by atoms with Gasteiger partial charge in [-0.15, -0.1) is 0 Å². The van der Waals surface area contributed by atoms with E-state index in [2.05, 4.69) is 9.97 Å². The third-order valence-electron chi connectivity index (χ3n) is 4.85. The van der Waals surface area contributed by atoms with Gasteiger partial charge in [0.2, 0.25) is 0 Å². The summed E-state index contributed by atoms with van der Waals surface area (Å²) < 4.78 is 28.3. The molecule has 0 N–H and O–H groups in total. The van der Waals surface area contributed by atoms with Crippen molar-refractivity contribution in [1.82, 2.24) is 14.5 Å². The minimum atomic E-state index is -2.53. The molecule has 2 aliphatic rings. The van der Waals surface area contributed by atoms with E-state index in [-0.39, 0.29) is 11.5 Å². The highest BCUT2D eigenvalue weighted by atomic mass is 35.5. The van der Waals surface area contributed by atoms with Crippen molar-refractivity contribution in [1.29, 1.82) is 0 Å². The monoisotopic (exact) mass is 337 g/mol. The van der Waals surface area contributed by atoms with Crippen LogP contribution in [0.25, 0.3) is 5.69 Å². The molecule has 4 rings (SSSR count). The molecule has 4 nitrogen and oxygen atoms in total. The summed E-state index contributed by atoms with van der Waals surface area (Å²) in [5.41, 5.74) is 0.911. The second-order valence-electron chi connectivity index (χ2n) is 6.32. The van der Waals surface area contributed by atoms with Crippen molar-refractivity contribution in [3.8, 4) is 5.69 Å². The smallest absolute Gasteiger partial charge is 0.258 e. The first-order valence-corrected chi connectivity index (χ1v) is 7.86. The Kier molecular flexibility index (Phi) is 3.10. The molecule has 0 amide bonds. The number of aryl methyl sites for hydroxylation is 1. The van der Waals surface area contributed by atoms with E-state index in [0.29, 0.717) is 35.2 Å². The lowest BCUT2D eigenvalue weighted by Gasteiger charge is -2.19. The molecule has 0 aliphatic heterocycles. The van der Waals surface area contributed by atoms with E-state index in [0.717, 1.165) is 0 Å². The number of pyridine rings is 1. The van der Waals surface area contributed by atoms with E-state index >= 15 is 0 Å². The summed E-state index contributed by atoms with van der Waals surface area (Å²) in [5.74, 6) is -3.26. The van der Waals surface area contributed by atoms with Crippen LogP contribution in [0.5, 0.6) is 0 Å². The fourth-order valence-electron chi connectivity index (χ4n) is 3.68. The number of fused-ring (bicyclic) bond motifs is 1. The first-order chi connectivity index (χ1) is 10.9. The van der Waals surface area contributed by atoms with E-state index in [4.69, 9.17) is 11.6 Å². The molecule has 2 aliphatic carbocycles. The third kappa shape index (κ3) is 2.27. The summed E-state index contributed by atoms with van der Waals surface area (Å²) in [5, 5.41) is 0.324. The predicted molar refractivity (Wildman–Crippen MR) is 81.3 cm³/mol. The number of hydrogen-bond donors (Lipinski definition) is 0. The summed E-state index contributed by atoms with van der Waals surface area (Å²) in [6, 6.07) is 4.71. The van der Waals surface area contributed by atoms with Crippen LogP contribution in [-0.4, -0.2) is 20.5 Å². The quantitative estimate of drug-likeness (QED) is 0.790. The summed E-state index contributed by atoms with van der Waals surface area (Å²) in [6.07, 6.45) is 2.23. The molecule has 2 fully saturated rings. The minimum absolute atomic E-state index is 0.132. The van der Waals surface area contributed by atoms with Crippen LogP contribution in [0.15, 0.2) is 29.2 Å². The van der Waals surface area contributed by atoms with Gasteiger partial charge in [0.25, 0.3) is 11.5 Å². The molecule has 2 atom stereocenters. The van der Waals surface area contributed by atoms with Gasteiger partial charge >= 0.3 is 0 Å². The maximum absolute atomic E-state index is 13.4. The first kappa shape index (κ1) is 14.8. The number of rotatable bonds is 2. The number of halogens is 3. The molecule has 23 heavy (non-hydrogen) atoms. The van der Waals surface area contributed by atoms with E-state index in [9.17, 15) is 13.6 Å². The largest absolute Gasteiger partial charge is 0.269 e. The summed E-state index contributed by atoms with van der Waals surface area (Å²) in [6.45, 7) is 1.74. The van der Waals surface area contributed by atoms with Gasteiger partial charge in [-0.3, -0.25) is 9.36 Å². The van der Waals surface area contributed by atoms with Crippen LogP contribution in [-0.2, 0) is 0 Å². The summed E-state index contributed by atoms with van der Waals surface area (Å²) in [7, 11) is 0. The molecular weight excluding hydrogens is 324 g/mol. The summed E-state index contributed by atoms with van der Waals surface area (Å²) >= 11 is 5.79.